The quantitative estimate of drug-likeness (QED) is 0.160. The summed E-state index contributed by atoms with van der Waals surface area (Å²) in [7, 11) is 1.51. The van der Waals surface area contributed by atoms with Gasteiger partial charge in [0.1, 0.15) is 0 Å². The number of cyclic esters (lactones) is 2. The Morgan fingerprint density at radius 3 is 0.948 bits per heavy atom. The van der Waals surface area contributed by atoms with E-state index in [2.05, 4.69) is 4.74 Å². The molecule has 9 nitrogen and oxygen atoms in total. The molecule has 0 N–H and O–H groups in total. The molecule has 2 atom stereocenters. The van der Waals surface area contributed by atoms with Crippen molar-refractivity contribution >= 4 is 41.3 Å². The highest BCUT2D eigenvalue weighted by atomic mass is 16.6. The van der Waals surface area contributed by atoms with E-state index in [1.807, 2.05) is 54.6 Å². The fourth-order valence-corrected chi connectivity index (χ4v) is 7.83. The van der Waals surface area contributed by atoms with E-state index in [1.165, 1.54) is 144 Å². The highest BCUT2D eigenvalue weighted by molar-refractivity contribution is 6.19. The summed E-state index contributed by atoms with van der Waals surface area (Å²) in [5.74, 6) is 1.21. The number of carbonyl (C=O) groups is 6. The summed E-state index contributed by atoms with van der Waals surface area (Å²) in [4.78, 5) is 66.0. The van der Waals surface area contributed by atoms with E-state index in [1.54, 1.807) is 37.8 Å². The molecule has 9 heteroatoms. The van der Waals surface area contributed by atoms with Gasteiger partial charge in [-0.3, -0.25) is 38.6 Å². The van der Waals surface area contributed by atoms with E-state index in [-0.39, 0.29) is 36.5 Å². The van der Waals surface area contributed by atoms with Crippen LogP contribution >= 0.6 is 0 Å². The molecule has 4 amide bonds. The van der Waals surface area contributed by atoms with E-state index in [4.69, 9.17) is 0 Å². The Morgan fingerprint density at radius 2 is 0.672 bits per heavy atom. The van der Waals surface area contributed by atoms with E-state index < -0.39 is 11.9 Å². The fourth-order valence-electron chi connectivity index (χ4n) is 7.83. The van der Waals surface area contributed by atoms with Gasteiger partial charge >= 0.3 is 11.9 Å². The Balaban J connectivity index is 0.000000182. The standard InChI is InChI=1S/C10H9NO2.C9H16.C6H12.C6H6.C5H7NO2.C5H10.C4H4O3.C4H8/c12-9-6-7-10(13)11(9)8-4-2-1-3-5-8;1-2-5-9-7-3-6-8(9)4-1;2*1-2-4-6-5-3-1;1-6-4(7)2-3-5(6)8;1-2-4-5-3-1;5-3-1-2-4(6)7-3;1-2-4-3-1/h1-5H,6-7H2;8-9H,1-7H2;1-6H2;1-6H;2-3H2,1H3;1-5H2;1-2H2;1-4H2. The number of nitrogens with zero attached hydrogens (tertiary/aromatic N) is 2. The molecule has 0 aromatic heterocycles. The molecule has 3 aliphatic heterocycles. The zero-order valence-electron chi connectivity index (χ0n) is 35.6. The van der Waals surface area contributed by atoms with Gasteiger partial charge in [-0.05, 0) is 24.0 Å². The molecule has 5 saturated carbocycles. The molecule has 8 aliphatic rings. The summed E-state index contributed by atoms with van der Waals surface area (Å²) < 4.78 is 4.08. The lowest BCUT2D eigenvalue weighted by atomic mass is 9.82. The number of hydrogen-bond donors (Lipinski definition) is 0. The minimum atomic E-state index is -0.398. The molecule has 2 unspecified atom stereocenters. The molecule has 3 saturated heterocycles. The Hall–Kier alpha value is -4.14. The largest absolute Gasteiger partial charge is 0.393 e. The van der Waals surface area contributed by atoms with Crippen LogP contribution in [0, 0.1) is 11.8 Å². The average Bonchev–Trinajstić information content (AvgIpc) is 4.11. The Bertz CT molecular complexity index is 1360. The molecule has 0 bridgehead atoms. The molecular weight excluding hydrogens is 729 g/mol. The first-order valence-electron chi connectivity index (χ1n) is 22.7. The maximum absolute atomic E-state index is 11.3. The third-order valence-corrected chi connectivity index (χ3v) is 11.8. The zero-order valence-corrected chi connectivity index (χ0v) is 35.6. The maximum atomic E-state index is 11.3. The topological polar surface area (TPSA) is 118 Å². The van der Waals surface area contributed by atoms with Crippen molar-refractivity contribution in [3.8, 4) is 0 Å². The van der Waals surface area contributed by atoms with Crippen LogP contribution in [0.4, 0.5) is 5.69 Å². The van der Waals surface area contributed by atoms with Crippen molar-refractivity contribution in [3.05, 3.63) is 66.7 Å². The second-order valence-corrected chi connectivity index (χ2v) is 16.3. The van der Waals surface area contributed by atoms with Crippen LogP contribution in [0.5, 0.6) is 0 Å². The zero-order chi connectivity index (χ0) is 41.6. The molecule has 2 aromatic carbocycles. The number of amides is 4. The van der Waals surface area contributed by atoms with Crippen molar-refractivity contribution in [1.29, 1.82) is 0 Å². The number of rotatable bonds is 1. The second-order valence-electron chi connectivity index (χ2n) is 16.3. The van der Waals surface area contributed by atoms with Crippen LogP contribution in [0.3, 0.4) is 0 Å². The van der Waals surface area contributed by atoms with E-state index in [0.717, 1.165) is 0 Å². The van der Waals surface area contributed by atoms with E-state index >= 15 is 0 Å². The minimum absolute atomic E-state index is 0.0602. The highest BCUT2D eigenvalue weighted by Gasteiger charge is 2.30. The number of para-hydroxylation sites is 1. The predicted molar refractivity (Wildman–Crippen MR) is 231 cm³/mol. The smallest absolute Gasteiger partial charge is 0.314 e. The molecule has 0 spiro atoms. The van der Waals surface area contributed by atoms with Crippen LogP contribution in [0.1, 0.15) is 180 Å². The number of esters is 2. The first kappa shape index (κ1) is 48.2. The van der Waals surface area contributed by atoms with Crippen molar-refractivity contribution in [3.63, 3.8) is 0 Å². The molecule has 0 radical (unpaired) electrons. The molecule has 2 aromatic rings. The van der Waals surface area contributed by atoms with E-state index in [0.29, 0.717) is 31.4 Å². The SMILES string of the molecule is C1CCC1.C1CCC2CCCC2C1.C1CCCC1.C1CCCCC1.CN1C(=O)CCC1=O.O=C1CCC(=O)N1c1ccccc1.O=C1CCC(=O)O1.c1ccccc1. The summed E-state index contributed by atoms with van der Waals surface area (Å²) in [6.07, 6.45) is 35.3. The summed E-state index contributed by atoms with van der Waals surface area (Å²) in [6, 6.07) is 21.0. The van der Waals surface area contributed by atoms with Gasteiger partial charge in [-0.25, -0.2) is 0 Å². The Morgan fingerprint density at radius 1 is 0.379 bits per heavy atom. The number of fused-ring (bicyclic) bond motifs is 1. The lowest BCUT2D eigenvalue weighted by molar-refractivity contribution is -0.152. The number of ether oxygens (including phenoxy) is 1. The molecule has 5 aliphatic carbocycles. The van der Waals surface area contributed by atoms with Gasteiger partial charge in [0.05, 0.1) is 18.5 Å². The summed E-state index contributed by atoms with van der Waals surface area (Å²) in [6.45, 7) is 0. The minimum Gasteiger partial charge on any atom is -0.393 e. The molecule has 10 rings (SSSR count). The van der Waals surface area contributed by atoms with Crippen molar-refractivity contribution < 1.29 is 33.5 Å². The number of hydrogen-bond acceptors (Lipinski definition) is 7. The fraction of sp³-hybridized carbons (Fsp3) is 0.633. The van der Waals surface area contributed by atoms with Gasteiger partial charge in [-0.1, -0.05) is 196 Å². The normalized spacial score (nSPS) is 22.6. The maximum Gasteiger partial charge on any atom is 0.314 e. The van der Waals surface area contributed by atoms with Crippen molar-refractivity contribution in [1.82, 2.24) is 4.90 Å². The molecule has 320 valence electrons. The van der Waals surface area contributed by atoms with Gasteiger partial charge in [0.15, 0.2) is 0 Å². The van der Waals surface area contributed by atoms with Crippen LogP contribution in [-0.4, -0.2) is 47.5 Å². The van der Waals surface area contributed by atoms with Gasteiger partial charge in [0.25, 0.3) is 0 Å². The molecule has 58 heavy (non-hydrogen) atoms. The number of anilines is 1. The van der Waals surface area contributed by atoms with Crippen molar-refractivity contribution in [2.75, 3.05) is 11.9 Å². The summed E-state index contributed by atoms with van der Waals surface area (Å²) >= 11 is 0. The first-order chi connectivity index (χ1) is 28.3. The molecule has 8 fully saturated rings. The number of likely N-dealkylation sites (tertiary alicyclic amines) is 1. The number of benzene rings is 2. The summed E-state index contributed by atoms with van der Waals surface area (Å²) in [5, 5.41) is 0. The second kappa shape index (κ2) is 30.0. The number of carbonyl (C=O) groups excluding carboxylic acids is 6. The van der Waals surface area contributed by atoms with Gasteiger partial charge in [0, 0.05) is 32.7 Å². The first-order valence-corrected chi connectivity index (χ1v) is 22.7. The third kappa shape index (κ3) is 20.5. The molecule has 3 heterocycles. The number of imide groups is 2. The van der Waals surface area contributed by atoms with Crippen LogP contribution < -0.4 is 4.90 Å². The monoisotopic (exact) mass is 801 g/mol. The van der Waals surface area contributed by atoms with Crippen molar-refractivity contribution in [2.24, 2.45) is 11.8 Å². The Labute approximate surface area is 349 Å². The Kier molecular flexibility index (Phi) is 24.9. The van der Waals surface area contributed by atoms with Crippen molar-refractivity contribution in [2.45, 2.75) is 180 Å². The van der Waals surface area contributed by atoms with Crippen LogP contribution in [0.25, 0.3) is 0 Å². The third-order valence-electron chi connectivity index (χ3n) is 11.8. The lowest BCUT2D eigenvalue weighted by Gasteiger charge is -2.24. The van der Waals surface area contributed by atoms with Gasteiger partial charge in [0.2, 0.25) is 23.6 Å². The van der Waals surface area contributed by atoms with E-state index in [9.17, 15) is 28.8 Å². The van der Waals surface area contributed by atoms with Crippen LogP contribution in [-0.2, 0) is 33.5 Å². The highest BCUT2D eigenvalue weighted by Crippen LogP contribution is 2.41. The van der Waals surface area contributed by atoms with Crippen LogP contribution in [0.15, 0.2) is 66.7 Å². The van der Waals surface area contributed by atoms with Gasteiger partial charge in [-0.2, -0.15) is 0 Å². The van der Waals surface area contributed by atoms with Gasteiger partial charge < -0.3 is 4.74 Å². The molecular formula is C49H72N2O7. The lowest BCUT2D eigenvalue weighted by Crippen LogP contribution is -2.28. The predicted octanol–water partition coefficient (Wildman–Crippen LogP) is 11.5. The summed E-state index contributed by atoms with van der Waals surface area (Å²) in [5.41, 5.74) is 0.676. The van der Waals surface area contributed by atoms with Gasteiger partial charge in [-0.15, -0.1) is 0 Å². The van der Waals surface area contributed by atoms with Crippen LogP contribution in [0.2, 0.25) is 0 Å². The average molecular weight is 801 g/mol.